The van der Waals surface area contributed by atoms with Crippen LogP contribution in [0.3, 0.4) is 0 Å². The summed E-state index contributed by atoms with van der Waals surface area (Å²) >= 11 is 0. The van der Waals surface area contributed by atoms with Crippen LogP contribution in [0.2, 0.25) is 0 Å². The minimum absolute atomic E-state index is 0.214. The Morgan fingerprint density at radius 2 is 0.583 bits per heavy atom. The smallest absolute Gasteiger partial charge is 0.181 e. The second-order valence-electron chi connectivity index (χ2n) is 14.7. The zero-order valence-electron chi connectivity index (χ0n) is 33.4. The highest BCUT2D eigenvalue weighted by Crippen LogP contribution is 2.35. The molecule has 0 aliphatic heterocycles. The van der Waals surface area contributed by atoms with Crippen molar-refractivity contribution >= 4 is 47.6 Å². The molecule has 0 atom stereocenters. The molecule has 0 heterocycles. The van der Waals surface area contributed by atoms with Crippen molar-refractivity contribution in [2.24, 2.45) is 0 Å². The molecule has 0 saturated heterocycles. The number of hydrogen-bond acceptors (Lipinski definition) is 7. The zero-order chi connectivity index (χ0) is 42.4. The van der Waals surface area contributed by atoms with E-state index in [9.17, 15) is 16.8 Å². The fourth-order valence-corrected chi connectivity index (χ4v) is 15.6. The predicted octanol–water partition coefficient (Wildman–Crippen LogP) is 9.33. The van der Waals surface area contributed by atoms with Crippen LogP contribution >= 0.6 is 0 Å². The van der Waals surface area contributed by atoms with E-state index in [1.54, 1.807) is 0 Å². The molecule has 2 fully saturated rings. The van der Waals surface area contributed by atoms with Gasteiger partial charge in [-0.25, -0.2) is 16.8 Å². The standard InChI is InChI=1S/2C24H25O2S2.CH2O3/c2*25-28(26,23-14-8-3-9-15-23)24-18-16-22(17-19-24)27(20-10-4-1-5-11-20)21-12-6-2-7-13-21;2-1(3)4/h2*1-2,4-7,10-13,16-19,23H,3,8-9,14-15H2;(H2,2,3,4)/q2*+1;/p-2. The molecule has 2 aliphatic carbocycles. The van der Waals surface area contributed by atoms with Crippen LogP contribution < -0.4 is 10.2 Å². The minimum atomic E-state index is -3.23. The molecule has 0 spiro atoms. The van der Waals surface area contributed by atoms with E-state index >= 15 is 0 Å². The van der Waals surface area contributed by atoms with Crippen LogP contribution in [0.4, 0.5) is 4.79 Å². The molecule has 6 aromatic rings. The van der Waals surface area contributed by atoms with E-state index in [4.69, 9.17) is 15.0 Å². The SMILES string of the molecule is O=C([O-])[O-].O=S(=O)(c1ccc([S+](c2ccccc2)c2ccccc2)cc1)C1CCCCC1.O=S(=O)(c1ccc([S+](c2ccccc2)c2ccccc2)cc1)C1CCCCC1. The molecule has 60 heavy (non-hydrogen) atoms. The maximum atomic E-state index is 13.0. The van der Waals surface area contributed by atoms with Gasteiger partial charge in [0.05, 0.1) is 42.1 Å². The number of carbonyl (C=O) groups is 1. The molecule has 0 bridgehead atoms. The maximum absolute atomic E-state index is 13.0. The van der Waals surface area contributed by atoms with E-state index in [2.05, 4.69) is 97.1 Å². The molecule has 0 unspecified atom stereocenters. The van der Waals surface area contributed by atoms with Crippen molar-refractivity contribution in [3.8, 4) is 0 Å². The average molecular weight is 879 g/mol. The normalized spacial score (nSPS) is 15.0. The highest BCUT2D eigenvalue weighted by molar-refractivity contribution is 7.97. The van der Waals surface area contributed by atoms with Crippen molar-refractivity contribution in [1.82, 2.24) is 0 Å². The third-order valence-corrected chi connectivity index (χ3v) is 19.7. The zero-order valence-corrected chi connectivity index (χ0v) is 36.6. The van der Waals surface area contributed by atoms with Crippen molar-refractivity contribution in [3.05, 3.63) is 170 Å². The van der Waals surface area contributed by atoms with Gasteiger partial charge in [-0.3, -0.25) is 0 Å². The number of hydrogen-bond donors (Lipinski definition) is 0. The Balaban J connectivity index is 0.000000185. The van der Waals surface area contributed by atoms with E-state index in [0.29, 0.717) is 9.79 Å². The molecule has 312 valence electrons. The van der Waals surface area contributed by atoms with Crippen molar-refractivity contribution < 1.29 is 31.8 Å². The van der Waals surface area contributed by atoms with Crippen molar-refractivity contribution in [2.75, 3.05) is 0 Å². The van der Waals surface area contributed by atoms with Crippen LogP contribution in [0.1, 0.15) is 64.2 Å². The van der Waals surface area contributed by atoms with Gasteiger partial charge in [0, 0.05) is 0 Å². The molecule has 0 radical (unpaired) electrons. The van der Waals surface area contributed by atoms with Crippen molar-refractivity contribution in [1.29, 1.82) is 0 Å². The molecule has 0 amide bonds. The Kier molecular flexibility index (Phi) is 16.1. The fraction of sp³-hybridized carbons (Fsp3) is 0.245. The largest absolute Gasteiger partial charge is 0.652 e. The number of sulfone groups is 2. The lowest BCUT2D eigenvalue weighted by atomic mass is 10.0. The number of benzene rings is 6. The lowest BCUT2D eigenvalue weighted by molar-refractivity contribution is -0.415. The van der Waals surface area contributed by atoms with Crippen molar-refractivity contribution in [3.63, 3.8) is 0 Å². The van der Waals surface area contributed by atoms with Crippen LogP contribution in [-0.4, -0.2) is 33.5 Å². The van der Waals surface area contributed by atoms with Crippen LogP contribution in [0.25, 0.3) is 0 Å². The first-order valence-electron chi connectivity index (χ1n) is 20.3. The van der Waals surface area contributed by atoms with Gasteiger partial charge in [0.25, 0.3) is 0 Å². The number of carboxylic acid groups (broad SMARTS) is 2. The lowest BCUT2D eigenvalue weighted by Gasteiger charge is -2.21. The van der Waals surface area contributed by atoms with Gasteiger partial charge in [-0.15, -0.1) is 0 Å². The summed E-state index contributed by atoms with van der Waals surface area (Å²) in [5, 5.41) is 16.2. The molecular weight excluding hydrogens is 829 g/mol. The summed E-state index contributed by atoms with van der Waals surface area (Å²) in [4.78, 5) is 16.5. The van der Waals surface area contributed by atoms with E-state index in [0.717, 1.165) is 74.0 Å². The first-order chi connectivity index (χ1) is 29.1. The first-order valence-corrected chi connectivity index (χ1v) is 25.8. The van der Waals surface area contributed by atoms with Gasteiger partial charge < -0.3 is 15.0 Å². The first kappa shape index (κ1) is 44.7. The summed E-state index contributed by atoms with van der Waals surface area (Å²) in [6.07, 6.45) is 7.24. The van der Waals surface area contributed by atoms with Gasteiger partial charge in [0.2, 0.25) is 0 Å². The second kappa shape index (κ2) is 21.6. The summed E-state index contributed by atoms with van der Waals surface area (Å²) in [6, 6.07) is 56.9. The van der Waals surface area contributed by atoms with E-state index in [-0.39, 0.29) is 32.3 Å². The highest BCUT2D eigenvalue weighted by Gasteiger charge is 2.33. The Morgan fingerprint density at radius 3 is 0.817 bits per heavy atom. The molecule has 8 rings (SSSR count). The monoisotopic (exact) mass is 878 g/mol. The topological polar surface area (TPSA) is 131 Å². The third kappa shape index (κ3) is 11.7. The van der Waals surface area contributed by atoms with Crippen LogP contribution in [0.5, 0.6) is 0 Å². The third-order valence-electron chi connectivity index (χ3n) is 10.7. The van der Waals surface area contributed by atoms with Gasteiger partial charge in [0.1, 0.15) is 0 Å². The van der Waals surface area contributed by atoms with Crippen LogP contribution in [-0.2, 0) is 41.5 Å². The quantitative estimate of drug-likeness (QED) is 0.125. The Labute approximate surface area is 361 Å². The van der Waals surface area contributed by atoms with Gasteiger partial charge in [-0.1, -0.05) is 111 Å². The Bertz CT molecular complexity index is 2180. The molecule has 7 nitrogen and oxygen atoms in total. The number of rotatable bonds is 10. The van der Waals surface area contributed by atoms with Crippen molar-refractivity contribution in [2.45, 2.75) is 114 Å². The summed E-state index contributed by atoms with van der Waals surface area (Å²) in [5.74, 6) is 0. The molecule has 11 heteroatoms. The lowest BCUT2D eigenvalue weighted by Crippen LogP contribution is -2.37. The average Bonchev–Trinajstić information content (AvgIpc) is 3.29. The summed E-state index contributed by atoms with van der Waals surface area (Å²) in [6.45, 7) is 0. The summed E-state index contributed by atoms with van der Waals surface area (Å²) in [5.41, 5.74) is 0. The van der Waals surface area contributed by atoms with E-state index < -0.39 is 25.8 Å². The van der Waals surface area contributed by atoms with Gasteiger partial charge >= 0.3 is 0 Å². The molecule has 2 saturated carbocycles. The van der Waals surface area contributed by atoms with Crippen LogP contribution in [0.15, 0.2) is 209 Å². The van der Waals surface area contributed by atoms with E-state index in [1.807, 2.05) is 72.8 Å². The number of carbonyl (C=O) groups excluding carboxylic acids is 1. The summed E-state index contributed by atoms with van der Waals surface area (Å²) in [7, 11) is -6.96. The molecule has 2 aliphatic rings. The molecule has 6 aromatic carbocycles. The van der Waals surface area contributed by atoms with Crippen LogP contribution in [0, 0.1) is 0 Å². The molecule has 0 aromatic heterocycles. The van der Waals surface area contributed by atoms with Gasteiger partial charge in [-0.05, 0) is 129 Å². The van der Waals surface area contributed by atoms with Gasteiger partial charge in [-0.2, -0.15) is 0 Å². The Morgan fingerprint density at radius 1 is 0.367 bits per heavy atom. The molecule has 0 N–H and O–H groups in total. The second-order valence-corrected chi connectivity index (χ2v) is 23.2. The predicted molar refractivity (Wildman–Crippen MR) is 236 cm³/mol. The van der Waals surface area contributed by atoms with E-state index in [1.165, 1.54) is 19.6 Å². The Hall–Kier alpha value is -4.81. The highest BCUT2D eigenvalue weighted by atomic mass is 32.2. The van der Waals surface area contributed by atoms with Gasteiger partial charge in [0.15, 0.2) is 49.0 Å². The maximum Gasteiger partial charge on any atom is 0.181 e. The fourth-order valence-electron chi connectivity index (χ4n) is 7.71. The summed E-state index contributed by atoms with van der Waals surface area (Å²) < 4.78 is 52.0. The molecular formula is C49H50O7S4. The minimum Gasteiger partial charge on any atom is -0.652 e.